The second kappa shape index (κ2) is 7.35. The number of carbonyl (C=O) groups excluding carboxylic acids is 1. The fourth-order valence-electron chi connectivity index (χ4n) is 3.88. The number of aryl methyl sites for hydroxylation is 1. The third-order valence-corrected chi connectivity index (χ3v) is 5.41. The number of hydrogen-bond donors (Lipinski definition) is 2. The van der Waals surface area contributed by atoms with Crippen LogP contribution < -0.4 is 10.6 Å². The maximum atomic E-state index is 12.5. The molecule has 1 aliphatic heterocycles. The molecular formula is C18H27N5O. The van der Waals surface area contributed by atoms with Gasteiger partial charge in [-0.15, -0.1) is 0 Å². The molecular weight excluding hydrogens is 302 g/mol. The summed E-state index contributed by atoms with van der Waals surface area (Å²) in [5.41, 5.74) is -0.660. The Morgan fingerprint density at radius 2 is 2.25 bits per heavy atom. The fraction of sp³-hybridized carbons (Fsp3) is 0.722. The van der Waals surface area contributed by atoms with E-state index in [9.17, 15) is 10.1 Å². The Kier molecular flexibility index (Phi) is 5.20. The van der Waals surface area contributed by atoms with Crippen LogP contribution >= 0.6 is 0 Å². The van der Waals surface area contributed by atoms with Crippen molar-refractivity contribution in [3.63, 3.8) is 0 Å². The molecule has 0 aromatic carbocycles. The smallest absolute Gasteiger partial charge is 0.238 e. The first-order valence-corrected chi connectivity index (χ1v) is 9.11. The van der Waals surface area contributed by atoms with Gasteiger partial charge in [-0.2, -0.15) is 5.26 Å². The molecule has 6 heteroatoms. The van der Waals surface area contributed by atoms with Crippen molar-refractivity contribution in [3.8, 4) is 6.07 Å². The summed E-state index contributed by atoms with van der Waals surface area (Å²) in [6.45, 7) is 3.65. The van der Waals surface area contributed by atoms with Gasteiger partial charge in [-0.25, -0.2) is 4.98 Å². The van der Waals surface area contributed by atoms with Crippen LogP contribution in [0.25, 0.3) is 0 Å². The lowest BCUT2D eigenvalue weighted by molar-refractivity contribution is -0.124. The van der Waals surface area contributed by atoms with Crippen LogP contribution in [0.5, 0.6) is 0 Å². The lowest BCUT2D eigenvalue weighted by atomic mass is 9.82. The molecule has 0 spiro atoms. The molecule has 1 aromatic heterocycles. The number of amides is 1. The van der Waals surface area contributed by atoms with E-state index in [0.717, 1.165) is 63.9 Å². The number of nitrogens with one attached hydrogen (secondary N) is 2. The lowest BCUT2D eigenvalue weighted by Crippen LogP contribution is -2.54. The predicted octanol–water partition coefficient (Wildman–Crippen LogP) is 2.08. The molecule has 3 rings (SSSR count). The summed E-state index contributed by atoms with van der Waals surface area (Å²) in [5, 5.41) is 15.8. The largest absolute Gasteiger partial charge is 0.336 e. The predicted molar refractivity (Wildman–Crippen MR) is 91.2 cm³/mol. The minimum Gasteiger partial charge on any atom is -0.336 e. The highest BCUT2D eigenvalue weighted by Crippen LogP contribution is 2.28. The third-order valence-electron chi connectivity index (χ3n) is 5.41. The standard InChI is InChI=1S/C18H27N5O/c1-14(17(24)22-18(13-19)7-3-2-4-8-18)21-12-15-6-5-10-23-11-9-20-16(15)23/h9,11,14-15,21H,2-8,10,12H2,1H3,(H,22,24)/t14-,15-/m0/s1. The van der Waals surface area contributed by atoms with Crippen molar-refractivity contribution in [1.82, 2.24) is 20.2 Å². The Morgan fingerprint density at radius 1 is 1.46 bits per heavy atom. The number of hydrogen-bond acceptors (Lipinski definition) is 4. The first-order chi connectivity index (χ1) is 11.6. The molecule has 6 nitrogen and oxygen atoms in total. The van der Waals surface area contributed by atoms with Gasteiger partial charge in [0.25, 0.3) is 0 Å². The van der Waals surface area contributed by atoms with Gasteiger partial charge in [-0.3, -0.25) is 4.79 Å². The van der Waals surface area contributed by atoms with E-state index < -0.39 is 5.54 Å². The highest BCUT2D eigenvalue weighted by atomic mass is 16.2. The zero-order valence-electron chi connectivity index (χ0n) is 14.4. The van der Waals surface area contributed by atoms with Crippen LogP contribution in [-0.4, -0.2) is 33.6 Å². The Morgan fingerprint density at radius 3 is 3.00 bits per heavy atom. The van der Waals surface area contributed by atoms with Gasteiger partial charge < -0.3 is 15.2 Å². The maximum Gasteiger partial charge on any atom is 0.238 e. The summed E-state index contributed by atoms with van der Waals surface area (Å²) in [5.74, 6) is 1.39. The van der Waals surface area contributed by atoms with Crippen LogP contribution in [0.1, 0.15) is 63.6 Å². The molecule has 2 heterocycles. The molecule has 1 aliphatic carbocycles. The Bertz CT molecular complexity index is 611. The van der Waals surface area contributed by atoms with Crippen LogP contribution in [0, 0.1) is 11.3 Å². The van der Waals surface area contributed by atoms with Crippen molar-refractivity contribution in [2.75, 3.05) is 6.54 Å². The number of rotatable bonds is 5. The molecule has 0 unspecified atom stereocenters. The SMILES string of the molecule is C[C@H](NC[C@@H]1CCCn2ccnc21)C(=O)NC1(C#N)CCCCC1. The maximum absolute atomic E-state index is 12.5. The monoisotopic (exact) mass is 329 g/mol. The second-order valence-corrected chi connectivity index (χ2v) is 7.19. The normalized spacial score (nSPS) is 23.8. The van der Waals surface area contributed by atoms with Crippen molar-refractivity contribution >= 4 is 5.91 Å². The number of nitrogens with zero attached hydrogens (tertiary/aromatic N) is 3. The molecule has 0 bridgehead atoms. The van der Waals surface area contributed by atoms with E-state index in [0.29, 0.717) is 5.92 Å². The molecule has 2 N–H and O–H groups in total. The van der Waals surface area contributed by atoms with Gasteiger partial charge in [0, 0.05) is 31.4 Å². The van der Waals surface area contributed by atoms with Crippen molar-refractivity contribution in [2.24, 2.45) is 0 Å². The van der Waals surface area contributed by atoms with Gasteiger partial charge >= 0.3 is 0 Å². The molecule has 1 aromatic rings. The van der Waals surface area contributed by atoms with E-state index in [1.54, 1.807) is 0 Å². The fourth-order valence-corrected chi connectivity index (χ4v) is 3.88. The number of carbonyl (C=O) groups is 1. The Hall–Kier alpha value is -1.87. The average Bonchev–Trinajstić information content (AvgIpc) is 3.09. The number of fused-ring (bicyclic) bond motifs is 1. The van der Waals surface area contributed by atoms with E-state index >= 15 is 0 Å². The Balaban J connectivity index is 1.53. The number of nitriles is 1. The van der Waals surface area contributed by atoms with E-state index in [4.69, 9.17) is 0 Å². The van der Waals surface area contributed by atoms with Crippen LogP contribution in [-0.2, 0) is 11.3 Å². The molecule has 24 heavy (non-hydrogen) atoms. The zero-order valence-corrected chi connectivity index (χ0v) is 14.4. The van der Waals surface area contributed by atoms with E-state index in [1.807, 2.05) is 19.3 Å². The van der Waals surface area contributed by atoms with Gasteiger partial charge in [0.05, 0.1) is 12.1 Å². The summed E-state index contributed by atoms with van der Waals surface area (Å²) < 4.78 is 2.20. The summed E-state index contributed by atoms with van der Waals surface area (Å²) in [6, 6.07) is 2.04. The quantitative estimate of drug-likeness (QED) is 0.866. The average molecular weight is 329 g/mol. The third kappa shape index (κ3) is 3.62. The molecule has 1 fully saturated rings. The first kappa shape index (κ1) is 17.0. The summed E-state index contributed by atoms with van der Waals surface area (Å²) in [7, 11) is 0. The minimum atomic E-state index is -0.660. The molecule has 2 aliphatic rings. The lowest BCUT2D eigenvalue weighted by Gasteiger charge is -2.33. The molecule has 1 amide bonds. The van der Waals surface area contributed by atoms with Gasteiger partial charge in [0.2, 0.25) is 5.91 Å². The van der Waals surface area contributed by atoms with Crippen LogP contribution in [0.4, 0.5) is 0 Å². The van der Waals surface area contributed by atoms with E-state index in [-0.39, 0.29) is 11.9 Å². The van der Waals surface area contributed by atoms with Crippen LogP contribution in [0.3, 0.4) is 0 Å². The summed E-state index contributed by atoms with van der Waals surface area (Å²) >= 11 is 0. The molecule has 1 saturated carbocycles. The number of aromatic nitrogens is 2. The van der Waals surface area contributed by atoms with Crippen molar-refractivity contribution in [3.05, 3.63) is 18.2 Å². The van der Waals surface area contributed by atoms with Gasteiger partial charge in [0.1, 0.15) is 11.4 Å². The molecule has 130 valence electrons. The van der Waals surface area contributed by atoms with Crippen molar-refractivity contribution < 1.29 is 4.79 Å². The Labute approximate surface area is 143 Å². The molecule has 0 saturated heterocycles. The minimum absolute atomic E-state index is 0.0717. The van der Waals surface area contributed by atoms with Crippen LogP contribution in [0.15, 0.2) is 12.4 Å². The first-order valence-electron chi connectivity index (χ1n) is 9.11. The van der Waals surface area contributed by atoms with Crippen molar-refractivity contribution in [1.29, 1.82) is 5.26 Å². The summed E-state index contributed by atoms with van der Waals surface area (Å²) in [6.07, 6.45) is 10.8. The highest BCUT2D eigenvalue weighted by Gasteiger charge is 2.34. The number of imidazole rings is 1. The highest BCUT2D eigenvalue weighted by molar-refractivity contribution is 5.82. The second-order valence-electron chi connectivity index (χ2n) is 7.19. The van der Waals surface area contributed by atoms with Gasteiger partial charge in [-0.1, -0.05) is 19.3 Å². The van der Waals surface area contributed by atoms with Crippen molar-refractivity contribution in [2.45, 2.75) is 75.9 Å². The van der Waals surface area contributed by atoms with E-state index in [2.05, 4.69) is 26.3 Å². The van der Waals surface area contributed by atoms with Gasteiger partial charge in [0.15, 0.2) is 0 Å². The topological polar surface area (TPSA) is 82.7 Å². The van der Waals surface area contributed by atoms with E-state index in [1.165, 1.54) is 0 Å². The molecule has 2 atom stereocenters. The molecule has 0 radical (unpaired) electrons. The van der Waals surface area contributed by atoms with Crippen LogP contribution in [0.2, 0.25) is 0 Å². The zero-order chi connectivity index (χ0) is 17.0. The van der Waals surface area contributed by atoms with Gasteiger partial charge in [-0.05, 0) is 32.6 Å². The summed E-state index contributed by atoms with van der Waals surface area (Å²) in [4.78, 5) is 17.0.